The monoisotopic (exact) mass is 433 g/mol. The van der Waals surface area contributed by atoms with Gasteiger partial charge in [0.05, 0.1) is 10.5 Å². The van der Waals surface area contributed by atoms with Crippen LogP contribution >= 0.6 is 34.2 Å². The Kier molecular flexibility index (Phi) is 4.03. The van der Waals surface area contributed by atoms with Gasteiger partial charge in [0.15, 0.2) is 5.69 Å². The second-order valence-electron chi connectivity index (χ2n) is 4.67. The van der Waals surface area contributed by atoms with E-state index in [1.54, 1.807) is 48.5 Å². The molecule has 22 heavy (non-hydrogen) atoms. The maximum Gasteiger partial charge on any atom is 0.434 e. The number of fused-ring (bicyclic) bond motifs is 1. The summed E-state index contributed by atoms with van der Waals surface area (Å²) >= 11 is 8.40. The molecule has 1 heterocycles. The Morgan fingerprint density at radius 2 is 1.68 bits per heavy atom. The molecule has 0 unspecified atom stereocenters. The average molecular weight is 434 g/mol. The molecule has 0 saturated heterocycles. The lowest BCUT2D eigenvalue weighted by Gasteiger charge is -2.16. The highest BCUT2D eigenvalue weighted by Crippen LogP contribution is 2.42. The summed E-state index contributed by atoms with van der Waals surface area (Å²) in [7, 11) is 0. The van der Waals surface area contributed by atoms with Crippen LogP contribution in [0.25, 0.3) is 22.0 Å². The molecule has 0 fully saturated rings. The molecule has 0 radical (unpaired) electrons. The molecule has 0 N–H and O–H groups in total. The molecular weight excluding hydrogens is 426 g/mol. The van der Waals surface area contributed by atoms with E-state index >= 15 is 0 Å². The maximum absolute atomic E-state index is 13.4. The van der Waals surface area contributed by atoms with Gasteiger partial charge in [0, 0.05) is 14.5 Å². The molecule has 0 saturated carbocycles. The summed E-state index contributed by atoms with van der Waals surface area (Å²) in [5, 5.41) is 0.586. The summed E-state index contributed by atoms with van der Waals surface area (Å²) < 4.78 is 41.1. The van der Waals surface area contributed by atoms with Crippen LogP contribution in [0.4, 0.5) is 13.2 Å². The fourth-order valence-electron chi connectivity index (χ4n) is 2.27. The zero-order valence-corrected chi connectivity index (χ0v) is 13.9. The van der Waals surface area contributed by atoms with Crippen LogP contribution in [-0.2, 0) is 6.18 Å². The third kappa shape index (κ3) is 2.79. The van der Waals surface area contributed by atoms with E-state index in [4.69, 9.17) is 11.6 Å². The lowest BCUT2D eigenvalue weighted by atomic mass is 10.0. The number of alkyl halides is 3. The smallest absolute Gasteiger partial charge is 0.243 e. The minimum atomic E-state index is -4.58. The van der Waals surface area contributed by atoms with Crippen molar-refractivity contribution in [2.24, 2.45) is 0 Å². The summed E-state index contributed by atoms with van der Waals surface area (Å²) in [6.07, 6.45) is -4.58. The van der Waals surface area contributed by atoms with Crippen LogP contribution < -0.4 is 0 Å². The van der Waals surface area contributed by atoms with Crippen molar-refractivity contribution in [2.75, 3.05) is 0 Å². The van der Waals surface area contributed by atoms with E-state index in [0.717, 1.165) is 3.57 Å². The minimum absolute atomic E-state index is 0.0713. The number of rotatable bonds is 1. The topological polar surface area (TPSA) is 12.9 Å². The molecule has 1 nitrogen and oxygen atoms in total. The number of hydrogen-bond donors (Lipinski definition) is 0. The van der Waals surface area contributed by atoms with Crippen LogP contribution in [-0.4, -0.2) is 4.98 Å². The third-order valence-electron chi connectivity index (χ3n) is 3.21. The van der Waals surface area contributed by atoms with E-state index < -0.39 is 11.9 Å². The number of benzene rings is 2. The fourth-order valence-corrected chi connectivity index (χ4v) is 3.11. The Bertz CT molecular complexity index is 847. The number of aromatic nitrogens is 1. The Morgan fingerprint density at radius 3 is 2.32 bits per heavy atom. The van der Waals surface area contributed by atoms with Crippen molar-refractivity contribution in [2.45, 2.75) is 6.18 Å². The minimum Gasteiger partial charge on any atom is -0.243 e. The maximum atomic E-state index is 13.4. The van der Waals surface area contributed by atoms with Crippen LogP contribution in [0, 0.1) is 3.57 Å². The standard InChI is InChI=1S/C16H8ClF3IN/c17-14-11-8-10(21)6-7-12(11)22-15(16(18,19)20)13(14)9-4-2-1-3-5-9/h1-8H. The molecule has 3 rings (SSSR count). The first-order valence-corrected chi connectivity index (χ1v) is 7.75. The van der Waals surface area contributed by atoms with Gasteiger partial charge in [-0.2, -0.15) is 13.2 Å². The largest absolute Gasteiger partial charge is 0.434 e. The van der Waals surface area contributed by atoms with Crippen molar-refractivity contribution in [1.29, 1.82) is 0 Å². The first kappa shape index (κ1) is 15.6. The summed E-state index contributed by atoms with van der Waals surface area (Å²) in [5.41, 5.74) is -0.410. The van der Waals surface area contributed by atoms with Crippen molar-refractivity contribution >= 4 is 45.1 Å². The molecule has 3 aromatic rings. The summed E-state index contributed by atoms with van der Waals surface area (Å²) in [5.74, 6) is 0. The molecule has 112 valence electrons. The van der Waals surface area contributed by atoms with E-state index in [1.165, 1.54) is 0 Å². The van der Waals surface area contributed by atoms with Gasteiger partial charge in [0.25, 0.3) is 0 Å². The van der Waals surface area contributed by atoms with E-state index in [-0.39, 0.29) is 16.1 Å². The van der Waals surface area contributed by atoms with Crippen LogP contribution in [0.15, 0.2) is 48.5 Å². The zero-order valence-electron chi connectivity index (χ0n) is 11.0. The molecule has 0 atom stereocenters. The van der Waals surface area contributed by atoms with E-state index in [0.29, 0.717) is 10.9 Å². The van der Waals surface area contributed by atoms with Crippen molar-refractivity contribution in [3.63, 3.8) is 0 Å². The molecule has 0 aliphatic carbocycles. The third-order valence-corrected chi connectivity index (χ3v) is 4.28. The number of nitrogens with zero attached hydrogens (tertiary/aromatic N) is 1. The average Bonchev–Trinajstić information content (AvgIpc) is 2.47. The van der Waals surface area contributed by atoms with Gasteiger partial charge in [-0.3, -0.25) is 0 Å². The van der Waals surface area contributed by atoms with Gasteiger partial charge in [-0.05, 0) is 46.4 Å². The Labute approximate surface area is 143 Å². The van der Waals surface area contributed by atoms with Crippen LogP contribution in [0.5, 0.6) is 0 Å². The SMILES string of the molecule is FC(F)(F)c1nc2ccc(I)cc2c(Cl)c1-c1ccccc1. The van der Waals surface area contributed by atoms with E-state index in [2.05, 4.69) is 27.6 Å². The zero-order chi connectivity index (χ0) is 15.9. The van der Waals surface area contributed by atoms with E-state index in [1.807, 2.05) is 0 Å². The van der Waals surface area contributed by atoms with Gasteiger partial charge >= 0.3 is 6.18 Å². The van der Waals surface area contributed by atoms with Crippen molar-refractivity contribution in [3.05, 3.63) is 62.8 Å². The van der Waals surface area contributed by atoms with Gasteiger partial charge in [0.1, 0.15) is 0 Å². The Morgan fingerprint density at radius 1 is 1.00 bits per heavy atom. The number of hydrogen-bond acceptors (Lipinski definition) is 1. The second-order valence-corrected chi connectivity index (χ2v) is 6.30. The lowest BCUT2D eigenvalue weighted by Crippen LogP contribution is -2.11. The van der Waals surface area contributed by atoms with Crippen LogP contribution in [0.3, 0.4) is 0 Å². The van der Waals surface area contributed by atoms with Gasteiger partial charge in [-0.25, -0.2) is 4.98 Å². The lowest BCUT2D eigenvalue weighted by molar-refractivity contribution is -0.140. The summed E-state index contributed by atoms with van der Waals surface area (Å²) in [6, 6.07) is 13.3. The molecular formula is C16H8ClF3IN. The Hall–Kier alpha value is -1.34. The summed E-state index contributed by atoms with van der Waals surface area (Å²) in [6.45, 7) is 0. The quantitative estimate of drug-likeness (QED) is 0.418. The molecule has 2 aromatic carbocycles. The van der Waals surface area contributed by atoms with Crippen molar-refractivity contribution in [1.82, 2.24) is 4.98 Å². The van der Waals surface area contributed by atoms with E-state index in [9.17, 15) is 13.2 Å². The van der Waals surface area contributed by atoms with Crippen LogP contribution in [0.1, 0.15) is 5.69 Å². The number of pyridine rings is 1. The molecule has 0 aliphatic rings. The van der Waals surface area contributed by atoms with Gasteiger partial charge in [-0.15, -0.1) is 0 Å². The highest BCUT2D eigenvalue weighted by molar-refractivity contribution is 14.1. The van der Waals surface area contributed by atoms with Gasteiger partial charge in [-0.1, -0.05) is 41.9 Å². The van der Waals surface area contributed by atoms with Gasteiger partial charge in [0.2, 0.25) is 0 Å². The van der Waals surface area contributed by atoms with Crippen molar-refractivity contribution < 1.29 is 13.2 Å². The first-order valence-electron chi connectivity index (χ1n) is 6.29. The normalized spacial score (nSPS) is 11.9. The Balaban J connectivity index is 2.44. The predicted molar refractivity (Wildman–Crippen MR) is 89.9 cm³/mol. The molecule has 6 heteroatoms. The molecule has 0 bridgehead atoms. The highest BCUT2D eigenvalue weighted by Gasteiger charge is 2.37. The second kappa shape index (κ2) is 5.70. The molecule has 0 aliphatic heterocycles. The van der Waals surface area contributed by atoms with Crippen molar-refractivity contribution in [3.8, 4) is 11.1 Å². The molecule has 1 aromatic heterocycles. The summed E-state index contributed by atoms with van der Waals surface area (Å²) in [4.78, 5) is 3.81. The number of halogens is 5. The molecule has 0 spiro atoms. The van der Waals surface area contributed by atoms with Gasteiger partial charge < -0.3 is 0 Å². The fraction of sp³-hybridized carbons (Fsp3) is 0.0625. The predicted octanol–water partition coefficient (Wildman–Crippen LogP) is 6.18. The highest BCUT2D eigenvalue weighted by atomic mass is 127. The molecule has 0 amide bonds. The van der Waals surface area contributed by atoms with Crippen LogP contribution in [0.2, 0.25) is 5.02 Å². The first-order chi connectivity index (χ1) is 10.4.